The Hall–Kier alpha value is -0.900. The molecule has 84 valence electrons. The maximum atomic E-state index is 4.15. The molecule has 0 aromatic carbocycles. The third-order valence-electron chi connectivity index (χ3n) is 3.48. The van der Waals surface area contributed by atoms with E-state index in [0.29, 0.717) is 0 Å². The molecule has 1 aromatic rings. The molecule has 0 saturated heterocycles. The third-order valence-corrected chi connectivity index (χ3v) is 3.48. The number of rotatable bonds is 4. The number of aryl methyl sites for hydroxylation is 1. The Balaban J connectivity index is 1.95. The summed E-state index contributed by atoms with van der Waals surface area (Å²) >= 11 is 0. The fourth-order valence-corrected chi connectivity index (χ4v) is 1.86. The van der Waals surface area contributed by atoms with E-state index in [9.17, 15) is 0 Å². The van der Waals surface area contributed by atoms with Crippen LogP contribution < -0.4 is 5.32 Å². The SMILES string of the molecule is Cc1nnc(CNC(C)(C)C2CC2)n1C. The summed E-state index contributed by atoms with van der Waals surface area (Å²) in [6.07, 6.45) is 2.72. The van der Waals surface area contributed by atoms with Gasteiger partial charge < -0.3 is 9.88 Å². The van der Waals surface area contributed by atoms with Crippen molar-refractivity contribution in [1.29, 1.82) is 0 Å². The van der Waals surface area contributed by atoms with Crippen LogP contribution in [-0.2, 0) is 13.6 Å². The largest absolute Gasteiger partial charge is 0.317 e. The second kappa shape index (κ2) is 3.59. The smallest absolute Gasteiger partial charge is 0.146 e. The van der Waals surface area contributed by atoms with E-state index >= 15 is 0 Å². The van der Waals surface area contributed by atoms with Gasteiger partial charge in [0.1, 0.15) is 11.6 Å². The normalized spacial score (nSPS) is 17.1. The molecule has 0 radical (unpaired) electrons. The lowest BCUT2D eigenvalue weighted by Crippen LogP contribution is -2.41. The molecule has 1 N–H and O–H groups in total. The molecule has 2 rings (SSSR count). The van der Waals surface area contributed by atoms with E-state index in [1.54, 1.807) is 0 Å². The number of hydrogen-bond donors (Lipinski definition) is 1. The molecule has 0 bridgehead atoms. The Bertz CT molecular complexity index is 349. The van der Waals surface area contributed by atoms with Crippen molar-refractivity contribution in [2.24, 2.45) is 13.0 Å². The highest BCUT2D eigenvalue weighted by atomic mass is 15.3. The maximum Gasteiger partial charge on any atom is 0.146 e. The van der Waals surface area contributed by atoms with E-state index in [-0.39, 0.29) is 5.54 Å². The summed E-state index contributed by atoms with van der Waals surface area (Å²) in [5, 5.41) is 11.8. The van der Waals surface area contributed by atoms with Gasteiger partial charge in [0.25, 0.3) is 0 Å². The van der Waals surface area contributed by atoms with E-state index in [0.717, 1.165) is 24.1 Å². The van der Waals surface area contributed by atoms with Crippen LogP contribution in [0.5, 0.6) is 0 Å². The van der Waals surface area contributed by atoms with Crippen LogP contribution >= 0.6 is 0 Å². The quantitative estimate of drug-likeness (QED) is 0.813. The average molecular weight is 208 g/mol. The molecule has 1 heterocycles. The lowest BCUT2D eigenvalue weighted by molar-refractivity contribution is 0.333. The summed E-state index contributed by atoms with van der Waals surface area (Å²) in [5.74, 6) is 2.82. The number of hydrogen-bond acceptors (Lipinski definition) is 3. The summed E-state index contributed by atoms with van der Waals surface area (Å²) in [7, 11) is 2.01. The molecule has 0 amide bonds. The van der Waals surface area contributed by atoms with Crippen molar-refractivity contribution >= 4 is 0 Å². The molecule has 15 heavy (non-hydrogen) atoms. The molecule has 1 saturated carbocycles. The van der Waals surface area contributed by atoms with Gasteiger partial charge in [0.05, 0.1) is 6.54 Å². The van der Waals surface area contributed by atoms with E-state index in [1.807, 2.05) is 18.5 Å². The molecule has 1 aliphatic carbocycles. The Morgan fingerprint density at radius 1 is 1.40 bits per heavy atom. The summed E-state index contributed by atoms with van der Waals surface area (Å²) < 4.78 is 2.04. The van der Waals surface area contributed by atoms with Crippen LogP contribution in [0.25, 0.3) is 0 Å². The van der Waals surface area contributed by atoms with Crippen LogP contribution in [-0.4, -0.2) is 20.3 Å². The Morgan fingerprint density at radius 3 is 2.53 bits per heavy atom. The average Bonchev–Trinajstić information content (AvgIpc) is 2.96. The minimum atomic E-state index is 0.236. The maximum absolute atomic E-state index is 4.15. The van der Waals surface area contributed by atoms with E-state index in [2.05, 4.69) is 29.4 Å². The molecular weight excluding hydrogens is 188 g/mol. The van der Waals surface area contributed by atoms with Crippen molar-refractivity contribution < 1.29 is 0 Å². The molecule has 1 fully saturated rings. The molecule has 0 unspecified atom stereocenters. The van der Waals surface area contributed by atoms with Gasteiger partial charge in [0.15, 0.2) is 0 Å². The van der Waals surface area contributed by atoms with Gasteiger partial charge in [0, 0.05) is 12.6 Å². The Morgan fingerprint density at radius 2 is 2.07 bits per heavy atom. The van der Waals surface area contributed by atoms with Gasteiger partial charge in [-0.15, -0.1) is 10.2 Å². The summed E-state index contributed by atoms with van der Waals surface area (Å²) in [6, 6.07) is 0. The van der Waals surface area contributed by atoms with Gasteiger partial charge in [0.2, 0.25) is 0 Å². The fourth-order valence-electron chi connectivity index (χ4n) is 1.86. The molecule has 4 heteroatoms. The van der Waals surface area contributed by atoms with Crippen molar-refractivity contribution in [3.63, 3.8) is 0 Å². The lowest BCUT2D eigenvalue weighted by atomic mass is 9.99. The monoisotopic (exact) mass is 208 g/mol. The first-order valence-corrected chi connectivity index (χ1v) is 5.60. The second-order valence-electron chi connectivity index (χ2n) is 5.07. The minimum absolute atomic E-state index is 0.236. The molecule has 1 aliphatic rings. The zero-order valence-corrected chi connectivity index (χ0v) is 10.0. The first-order chi connectivity index (χ1) is 7.00. The highest BCUT2D eigenvalue weighted by molar-refractivity contribution is 4.98. The molecule has 0 spiro atoms. The topological polar surface area (TPSA) is 42.7 Å². The minimum Gasteiger partial charge on any atom is -0.317 e. The van der Waals surface area contributed by atoms with Crippen molar-refractivity contribution in [2.45, 2.75) is 45.7 Å². The predicted octanol–water partition coefficient (Wildman–Crippen LogP) is 1.40. The van der Waals surface area contributed by atoms with Crippen molar-refractivity contribution in [3.8, 4) is 0 Å². The first-order valence-electron chi connectivity index (χ1n) is 5.60. The van der Waals surface area contributed by atoms with Gasteiger partial charge in [-0.25, -0.2) is 0 Å². The fraction of sp³-hybridized carbons (Fsp3) is 0.818. The van der Waals surface area contributed by atoms with Crippen molar-refractivity contribution in [1.82, 2.24) is 20.1 Å². The summed E-state index contributed by atoms with van der Waals surface area (Å²) in [4.78, 5) is 0. The van der Waals surface area contributed by atoms with Gasteiger partial charge >= 0.3 is 0 Å². The van der Waals surface area contributed by atoms with Crippen molar-refractivity contribution in [3.05, 3.63) is 11.6 Å². The van der Waals surface area contributed by atoms with E-state index < -0.39 is 0 Å². The molecule has 0 aliphatic heterocycles. The molecule has 0 atom stereocenters. The van der Waals surface area contributed by atoms with Crippen LogP contribution in [0.4, 0.5) is 0 Å². The standard InChI is InChI=1S/C11H20N4/c1-8-13-14-10(15(8)4)7-12-11(2,3)9-5-6-9/h9,12H,5-7H2,1-4H3. The predicted molar refractivity (Wildman–Crippen MR) is 59.4 cm³/mol. The second-order valence-corrected chi connectivity index (χ2v) is 5.07. The van der Waals surface area contributed by atoms with Crippen LogP contribution in [0.15, 0.2) is 0 Å². The van der Waals surface area contributed by atoms with Crippen molar-refractivity contribution in [2.75, 3.05) is 0 Å². The van der Waals surface area contributed by atoms with Gasteiger partial charge in [-0.05, 0) is 39.5 Å². The van der Waals surface area contributed by atoms with Gasteiger partial charge in [-0.3, -0.25) is 0 Å². The van der Waals surface area contributed by atoms with Crippen LogP contribution in [0.2, 0.25) is 0 Å². The first kappa shape index (κ1) is 10.6. The number of nitrogens with one attached hydrogen (secondary N) is 1. The van der Waals surface area contributed by atoms with Crippen LogP contribution in [0, 0.1) is 12.8 Å². The van der Waals surface area contributed by atoms with Gasteiger partial charge in [-0.1, -0.05) is 0 Å². The molecular formula is C11H20N4. The highest BCUT2D eigenvalue weighted by Gasteiger charge is 2.37. The lowest BCUT2D eigenvalue weighted by Gasteiger charge is -2.25. The van der Waals surface area contributed by atoms with E-state index in [1.165, 1.54) is 12.8 Å². The number of nitrogens with zero attached hydrogens (tertiary/aromatic N) is 3. The van der Waals surface area contributed by atoms with Gasteiger partial charge in [-0.2, -0.15) is 0 Å². The van der Waals surface area contributed by atoms with Crippen LogP contribution in [0.1, 0.15) is 38.3 Å². The Labute approximate surface area is 91.1 Å². The summed E-state index contributed by atoms with van der Waals surface area (Å²) in [5.41, 5.74) is 0.236. The molecule has 1 aromatic heterocycles. The van der Waals surface area contributed by atoms with Crippen LogP contribution in [0.3, 0.4) is 0 Å². The Kier molecular flexibility index (Phi) is 2.54. The highest BCUT2D eigenvalue weighted by Crippen LogP contribution is 2.39. The summed E-state index contributed by atoms with van der Waals surface area (Å²) in [6.45, 7) is 7.32. The zero-order valence-electron chi connectivity index (χ0n) is 10.0. The molecule has 4 nitrogen and oxygen atoms in total. The number of aromatic nitrogens is 3. The third kappa shape index (κ3) is 2.20. The van der Waals surface area contributed by atoms with E-state index in [4.69, 9.17) is 0 Å². The zero-order chi connectivity index (χ0) is 11.1.